The Hall–Kier alpha value is -1.07. The number of thioether (sulfide) groups is 1. The zero-order valence-electron chi connectivity index (χ0n) is 9.40. The van der Waals surface area contributed by atoms with Gasteiger partial charge in [-0.3, -0.25) is 4.79 Å². The normalized spacial score (nSPS) is 15.1. The summed E-state index contributed by atoms with van der Waals surface area (Å²) >= 11 is 3.22. The van der Waals surface area contributed by atoms with Crippen LogP contribution in [0.25, 0.3) is 10.2 Å². The van der Waals surface area contributed by atoms with Crippen molar-refractivity contribution in [2.75, 3.05) is 11.6 Å². The number of carbonyl (C=O) groups excluding carboxylic acids is 1. The lowest BCUT2D eigenvalue weighted by Crippen LogP contribution is -2.12. The first-order chi connectivity index (χ1) is 8.28. The van der Waals surface area contributed by atoms with Crippen molar-refractivity contribution < 1.29 is 4.79 Å². The summed E-state index contributed by atoms with van der Waals surface area (Å²) in [5.41, 5.74) is 0.996. The molecule has 1 aliphatic carbocycles. The minimum absolute atomic E-state index is 0.120. The lowest BCUT2D eigenvalue weighted by molar-refractivity contribution is -0.117. The quantitative estimate of drug-likeness (QED) is 0.864. The molecule has 1 aromatic carbocycles. The van der Waals surface area contributed by atoms with Crippen LogP contribution in [-0.4, -0.2) is 17.1 Å². The number of anilines is 1. The van der Waals surface area contributed by atoms with Crippen molar-refractivity contribution in [2.24, 2.45) is 5.92 Å². The van der Waals surface area contributed by atoms with Crippen LogP contribution in [0.15, 0.2) is 23.1 Å². The largest absolute Gasteiger partial charge is 0.302 e. The molecule has 0 radical (unpaired) electrons. The molecular weight excluding hydrogens is 252 g/mol. The standard InChI is InChI=1S/C12H12N2OS2/c1-16-8-3-2-4-9-10(8)13-12(17-9)14-11(15)7-5-6-7/h2-4,7H,5-6H2,1H3,(H,13,14,15). The zero-order valence-corrected chi connectivity index (χ0v) is 11.0. The fraction of sp³-hybridized carbons (Fsp3) is 0.333. The van der Waals surface area contributed by atoms with Crippen LogP contribution >= 0.6 is 23.1 Å². The number of nitrogens with one attached hydrogen (secondary N) is 1. The average molecular weight is 264 g/mol. The van der Waals surface area contributed by atoms with E-state index >= 15 is 0 Å². The van der Waals surface area contributed by atoms with Crippen LogP contribution in [0.5, 0.6) is 0 Å². The predicted molar refractivity (Wildman–Crippen MR) is 72.8 cm³/mol. The van der Waals surface area contributed by atoms with Crippen molar-refractivity contribution >= 4 is 44.4 Å². The summed E-state index contributed by atoms with van der Waals surface area (Å²) in [5, 5.41) is 3.62. The third-order valence-corrected chi connectivity index (χ3v) is 4.49. The van der Waals surface area contributed by atoms with Gasteiger partial charge in [0.2, 0.25) is 5.91 Å². The maximum atomic E-state index is 11.7. The molecule has 3 nitrogen and oxygen atoms in total. The van der Waals surface area contributed by atoms with Crippen molar-refractivity contribution in [3.05, 3.63) is 18.2 Å². The molecule has 0 spiro atoms. The molecule has 0 atom stereocenters. The van der Waals surface area contributed by atoms with Gasteiger partial charge in [-0.2, -0.15) is 0 Å². The third-order valence-electron chi connectivity index (χ3n) is 2.78. The van der Waals surface area contributed by atoms with Gasteiger partial charge in [-0.25, -0.2) is 4.98 Å². The third kappa shape index (κ3) is 2.17. The molecule has 1 aromatic heterocycles. The number of aromatic nitrogens is 1. The molecule has 1 amide bonds. The Morgan fingerprint density at radius 1 is 1.53 bits per heavy atom. The molecule has 0 saturated heterocycles. The first-order valence-corrected chi connectivity index (χ1v) is 7.56. The maximum absolute atomic E-state index is 11.7. The molecule has 0 unspecified atom stereocenters. The molecule has 0 aliphatic heterocycles. The Labute approximate surface area is 108 Å². The number of amides is 1. The van der Waals surface area contributed by atoms with Crippen molar-refractivity contribution in [3.8, 4) is 0 Å². The van der Waals surface area contributed by atoms with E-state index in [-0.39, 0.29) is 11.8 Å². The highest BCUT2D eigenvalue weighted by Gasteiger charge is 2.30. The van der Waals surface area contributed by atoms with E-state index in [0.717, 1.165) is 33.1 Å². The maximum Gasteiger partial charge on any atom is 0.229 e. The van der Waals surface area contributed by atoms with Crippen LogP contribution in [0.2, 0.25) is 0 Å². The van der Waals surface area contributed by atoms with E-state index in [2.05, 4.69) is 16.4 Å². The SMILES string of the molecule is CSc1cccc2sc(NC(=O)C3CC3)nc12. The van der Waals surface area contributed by atoms with Crippen LogP contribution in [-0.2, 0) is 4.79 Å². The van der Waals surface area contributed by atoms with Crippen LogP contribution in [0, 0.1) is 5.92 Å². The fourth-order valence-corrected chi connectivity index (χ4v) is 3.22. The molecule has 1 heterocycles. The van der Waals surface area contributed by atoms with Crippen molar-refractivity contribution in [2.45, 2.75) is 17.7 Å². The highest BCUT2D eigenvalue weighted by molar-refractivity contribution is 7.98. The van der Waals surface area contributed by atoms with Crippen molar-refractivity contribution in [1.82, 2.24) is 4.98 Å². The number of thiazole rings is 1. The molecule has 1 saturated carbocycles. The Morgan fingerprint density at radius 2 is 2.35 bits per heavy atom. The van der Waals surface area contributed by atoms with Gasteiger partial charge in [0.25, 0.3) is 0 Å². The summed E-state index contributed by atoms with van der Waals surface area (Å²) in [5.74, 6) is 0.344. The number of para-hydroxylation sites is 1. The van der Waals surface area contributed by atoms with E-state index in [1.165, 1.54) is 0 Å². The van der Waals surface area contributed by atoms with Crippen LogP contribution in [0.1, 0.15) is 12.8 Å². The van der Waals surface area contributed by atoms with Gasteiger partial charge in [0.05, 0.1) is 10.2 Å². The summed E-state index contributed by atoms with van der Waals surface area (Å²) in [7, 11) is 0. The van der Waals surface area contributed by atoms with Crippen LogP contribution in [0.4, 0.5) is 5.13 Å². The smallest absolute Gasteiger partial charge is 0.229 e. The Balaban J connectivity index is 1.92. The number of hydrogen-bond acceptors (Lipinski definition) is 4. The average Bonchev–Trinajstić information content (AvgIpc) is 3.09. The van der Waals surface area contributed by atoms with Gasteiger partial charge in [-0.1, -0.05) is 17.4 Å². The summed E-state index contributed by atoms with van der Waals surface area (Å²) < 4.78 is 1.13. The number of fused-ring (bicyclic) bond motifs is 1. The van der Waals surface area contributed by atoms with Crippen molar-refractivity contribution in [3.63, 3.8) is 0 Å². The van der Waals surface area contributed by atoms with Crippen molar-refractivity contribution in [1.29, 1.82) is 0 Å². The summed E-state index contributed by atoms with van der Waals surface area (Å²) in [6.45, 7) is 0. The number of benzene rings is 1. The molecule has 1 fully saturated rings. The molecule has 17 heavy (non-hydrogen) atoms. The molecule has 0 bridgehead atoms. The van der Waals surface area contributed by atoms with E-state index in [9.17, 15) is 4.79 Å². The van der Waals surface area contributed by atoms with Gasteiger partial charge >= 0.3 is 0 Å². The summed E-state index contributed by atoms with van der Waals surface area (Å²) in [6, 6.07) is 6.12. The lowest BCUT2D eigenvalue weighted by atomic mass is 10.3. The Kier molecular flexibility index (Phi) is 2.80. The minimum atomic E-state index is 0.120. The summed E-state index contributed by atoms with van der Waals surface area (Å²) in [6.07, 6.45) is 4.08. The Bertz CT molecular complexity index is 575. The predicted octanol–water partition coefficient (Wildman–Crippen LogP) is 3.37. The second-order valence-electron chi connectivity index (χ2n) is 4.09. The molecule has 1 aliphatic rings. The first-order valence-electron chi connectivity index (χ1n) is 5.52. The molecular formula is C12H12N2OS2. The van der Waals surface area contributed by atoms with Gasteiger partial charge in [0, 0.05) is 10.8 Å². The first kappa shape index (κ1) is 11.0. The van der Waals surface area contributed by atoms with Gasteiger partial charge in [-0.15, -0.1) is 11.8 Å². The molecule has 88 valence electrons. The van der Waals surface area contributed by atoms with Gasteiger partial charge < -0.3 is 5.32 Å². The molecule has 2 aromatic rings. The Morgan fingerprint density at radius 3 is 3.06 bits per heavy atom. The fourth-order valence-electron chi connectivity index (χ4n) is 1.69. The highest BCUT2D eigenvalue weighted by atomic mass is 32.2. The van der Waals surface area contributed by atoms with E-state index in [1.54, 1.807) is 23.1 Å². The zero-order chi connectivity index (χ0) is 11.8. The second-order valence-corrected chi connectivity index (χ2v) is 5.97. The second kappa shape index (κ2) is 4.31. The van der Waals surface area contributed by atoms with Crippen LogP contribution in [0.3, 0.4) is 0 Å². The van der Waals surface area contributed by atoms with E-state index < -0.39 is 0 Å². The topological polar surface area (TPSA) is 42.0 Å². The van der Waals surface area contributed by atoms with Crippen LogP contribution < -0.4 is 5.32 Å². The molecule has 5 heteroatoms. The highest BCUT2D eigenvalue weighted by Crippen LogP contribution is 2.34. The van der Waals surface area contributed by atoms with E-state index in [0.29, 0.717) is 0 Å². The van der Waals surface area contributed by atoms with Gasteiger partial charge in [-0.05, 0) is 31.2 Å². The lowest BCUT2D eigenvalue weighted by Gasteiger charge is -1.97. The van der Waals surface area contributed by atoms with E-state index in [4.69, 9.17) is 0 Å². The van der Waals surface area contributed by atoms with Gasteiger partial charge in [0.15, 0.2) is 5.13 Å². The van der Waals surface area contributed by atoms with Gasteiger partial charge in [0.1, 0.15) is 0 Å². The minimum Gasteiger partial charge on any atom is -0.302 e. The number of rotatable bonds is 3. The number of carbonyl (C=O) groups is 1. The molecule has 1 N–H and O–H groups in total. The summed E-state index contributed by atoms with van der Waals surface area (Å²) in [4.78, 5) is 17.3. The monoisotopic (exact) mass is 264 g/mol. The molecule has 3 rings (SSSR count). The number of nitrogens with zero attached hydrogens (tertiary/aromatic N) is 1. The van der Waals surface area contributed by atoms with E-state index in [1.807, 2.05) is 18.4 Å². The number of hydrogen-bond donors (Lipinski definition) is 1.